The second kappa shape index (κ2) is 8.25. The molecule has 0 aliphatic carbocycles. The van der Waals surface area contributed by atoms with Crippen LogP contribution in [-0.2, 0) is 6.54 Å². The third-order valence-electron chi connectivity index (χ3n) is 5.33. The summed E-state index contributed by atoms with van der Waals surface area (Å²) in [6.07, 6.45) is 1.87. The summed E-state index contributed by atoms with van der Waals surface area (Å²) < 4.78 is 7.60. The van der Waals surface area contributed by atoms with E-state index in [-0.39, 0.29) is 0 Å². The molecule has 5 rings (SSSR count). The molecule has 2 heterocycles. The van der Waals surface area contributed by atoms with E-state index < -0.39 is 0 Å². The standard InChI is InChI=1S/C26H20ClN3O/c1-31-22-12-7-11-19(14-22)26-29-25-24(30(26)17-20-10-5-6-13-23(20)27)15-21(16-28-25)18-8-3-2-4-9-18/h2-16H,17H2,1H3. The largest absolute Gasteiger partial charge is 0.497 e. The number of ether oxygens (including phenoxy) is 1. The van der Waals surface area contributed by atoms with E-state index in [1.54, 1.807) is 7.11 Å². The fraction of sp³-hybridized carbons (Fsp3) is 0.0769. The summed E-state index contributed by atoms with van der Waals surface area (Å²) in [5, 5.41) is 0.730. The molecule has 0 bridgehead atoms. The average Bonchev–Trinajstić information content (AvgIpc) is 3.19. The number of pyridine rings is 1. The van der Waals surface area contributed by atoms with E-state index in [4.69, 9.17) is 21.3 Å². The fourth-order valence-corrected chi connectivity index (χ4v) is 3.93. The van der Waals surface area contributed by atoms with Gasteiger partial charge in [0, 0.05) is 22.3 Å². The van der Waals surface area contributed by atoms with Crippen LogP contribution in [0.1, 0.15) is 5.56 Å². The summed E-state index contributed by atoms with van der Waals surface area (Å²) in [4.78, 5) is 9.55. The third kappa shape index (κ3) is 3.78. The van der Waals surface area contributed by atoms with E-state index in [1.807, 2.05) is 72.9 Å². The van der Waals surface area contributed by atoms with Crippen LogP contribution in [0.3, 0.4) is 0 Å². The minimum Gasteiger partial charge on any atom is -0.497 e. The van der Waals surface area contributed by atoms with Crippen molar-refractivity contribution in [2.24, 2.45) is 0 Å². The topological polar surface area (TPSA) is 39.9 Å². The van der Waals surface area contributed by atoms with Crippen molar-refractivity contribution in [1.82, 2.24) is 14.5 Å². The summed E-state index contributed by atoms with van der Waals surface area (Å²) >= 11 is 6.50. The molecule has 152 valence electrons. The summed E-state index contributed by atoms with van der Waals surface area (Å²) in [5.74, 6) is 1.61. The third-order valence-corrected chi connectivity index (χ3v) is 5.70. The van der Waals surface area contributed by atoms with E-state index in [2.05, 4.69) is 27.8 Å². The number of benzene rings is 3. The van der Waals surface area contributed by atoms with Gasteiger partial charge < -0.3 is 9.30 Å². The molecule has 0 saturated carbocycles. The van der Waals surface area contributed by atoms with E-state index in [1.165, 1.54) is 0 Å². The van der Waals surface area contributed by atoms with Crippen LogP contribution in [-0.4, -0.2) is 21.6 Å². The minimum atomic E-state index is 0.586. The van der Waals surface area contributed by atoms with E-state index in [0.717, 1.165) is 44.4 Å². The maximum absolute atomic E-state index is 6.50. The summed E-state index contributed by atoms with van der Waals surface area (Å²) in [6, 6.07) is 28.2. The van der Waals surface area contributed by atoms with Crippen LogP contribution in [0, 0.1) is 0 Å². The Hall–Kier alpha value is -3.63. The van der Waals surface area contributed by atoms with Gasteiger partial charge in [-0.25, -0.2) is 9.97 Å². The molecule has 0 unspecified atom stereocenters. The van der Waals surface area contributed by atoms with Gasteiger partial charge >= 0.3 is 0 Å². The molecule has 0 atom stereocenters. The van der Waals surface area contributed by atoms with Gasteiger partial charge in [0.25, 0.3) is 0 Å². The average molecular weight is 426 g/mol. The van der Waals surface area contributed by atoms with E-state index in [0.29, 0.717) is 12.2 Å². The highest BCUT2D eigenvalue weighted by Gasteiger charge is 2.16. The van der Waals surface area contributed by atoms with Gasteiger partial charge in [-0.2, -0.15) is 0 Å². The predicted molar refractivity (Wildman–Crippen MR) is 126 cm³/mol. The zero-order valence-electron chi connectivity index (χ0n) is 17.0. The maximum Gasteiger partial charge on any atom is 0.178 e. The quantitative estimate of drug-likeness (QED) is 0.323. The Morgan fingerprint density at radius 3 is 2.42 bits per heavy atom. The SMILES string of the molecule is COc1cccc(-c2nc3ncc(-c4ccccc4)cc3n2Cc2ccccc2Cl)c1. The van der Waals surface area contributed by atoms with Gasteiger partial charge in [0.05, 0.1) is 19.2 Å². The Balaban J connectivity index is 1.72. The van der Waals surface area contributed by atoms with Crippen LogP contribution in [0.5, 0.6) is 5.75 Å². The predicted octanol–water partition coefficient (Wildman–Crippen LogP) is 6.48. The number of imidazole rings is 1. The van der Waals surface area contributed by atoms with Crippen LogP contribution in [0.2, 0.25) is 5.02 Å². The molecule has 0 aliphatic heterocycles. The molecule has 31 heavy (non-hydrogen) atoms. The van der Waals surface area contributed by atoms with Crippen molar-refractivity contribution in [2.45, 2.75) is 6.54 Å². The minimum absolute atomic E-state index is 0.586. The molecule has 0 fully saturated rings. The number of hydrogen-bond donors (Lipinski definition) is 0. The summed E-state index contributed by atoms with van der Waals surface area (Å²) in [5.41, 5.74) is 5.81. The van der Waals surface area contributed by atoms with E-state index in [9.17, 15) is 0 Å². The van der Waals surface area contributed by atoms with Crippen molar-refractivity contribution in [3.05, 3.63) is 102 Å². The van der Waals surface area contributed by atoms with Gasteiger partial charge in [-0.15, -0.1) is 0 Å². The number of aromatic nitrogens is 3. The van der Waals surface area contributed by atoms with Gasteiger partial charge in [-0.1, -0.05) is 72.3 Å². The number of nitrogens with zero attached hydrogens (tertiary/aromatic N) is 3. The van der Waals surface area contributed by atoms with Crippen molar-refractivity contribution in [2.75, 3.05) is 7.11 Å². The molecule has 5 aromatic rings. The van der Waals surface area contributed by atoms with Gasteiger partial charge in [-0.05, 0) is 35.4 Å². The number of rotatable bonds is 5. The molecular formula is C26H20ClN3O. The first-order chi connectivity index (χ1) is 15.2. The second-order valence-corrected chi connectivity index (χ2v) is 7.68. The van der Waals surface area contributed by atoms with Crippen LogP contribution in [0.4, 0.5) is 0 Å². The van der Waals surface area contributed by atoms with Crippen molar-refractivity contribution < 1.29 is 4.74 Å². The van der Waals surface area contributed by atoms with Crippen molar-refractivity contribution in [3.63, 3.8) is 0 Å². The van der Waals surface area contributed by atoms with Gasteiger partial charge in [0.15, 0.2) is 5.65 Å². The molecule has 0 aliphatic rings. The highest BCUT2D eigenvalue weighted by molar-refractivity contribution is 6.31. The Labute approximate surface area is 185 Å². The molecule has 3 aromatic carbocycles. The van der Waals surface area contributed by atoms with E-state index >= 15 is 0 Å². The highest BCUT2D eigenvalue weighted by Crippen LogP contribution is 2.31. The maximum atomic E-state index is 6.50. The zero-order chi connectivity index (χ0) is 21.2. The number of hydrogen-bond acceptors (Lipinski definition) is 3. The number of methoxy groups -OCH3 is 1. The van der Waals surface area contributed by atoms with Crippen LogP contribution < -0.4 is 4.74 Å². The van der Waals surface area contributed by atoms with Crippen molar-refractivity contribution in [3.8, 4) is 28.3 Å². The van der Waals surface area contributed by atoms with Crippen molar-refractivity contribution in [1.29, 1.82) is 0 Å². The van der Waals surface area contributed by atoms with Crippen LogP contribution in [0.25, 0.3) is 33.7 Å². The summed E-state index contributed by atoms with van der Waals surface area (Å²) in [7, 11) is 1.67. The number of halogens is 1. The molecule has 0 amide bonds. The monoisotopic (exact) mass is 425 g/mol. The first-order valence-electron chi connectivity index (χ1n) is 10.0. The normalized spacial score (nSPS) is 11.0. The molecule has 0 N–H and O–H groups in total. The fourth-order valence-electron chi connectivity index (χ4n) is 3.73. The molecule has 2 aromatic heterocycles. The first kappa shape index (κ1) is 19.3. The smallest absolute Gasteiger partial charge is 0.178 e. The highest BCUT2D eigenvalue weighted by atomic mass is 35.5. The lowest BCUT2D eigenvalue weighted by atomic mass is 10.1. The van der Waals surface area contributed by atoms with Crippen LogP contribution >= 0.6 is 11.6 Å². The lowest BCUT2D eigenvalue weighted by Gasteiger charge is -2.12. The second-order valence-electron chi connectivity index (χ2n) is 7.28. The molecule has 0 saturated heterocycles. The van der Waals surface area contributed by atoms with Crippen molar-refractivity contribution >= 4 is 22.8 Å². The first-order valence-corrected chi connectivity index (χ1v) is 10.4. The molecule has 4 nitrogen and oxygen atoms in total. The Morgan fingerprint density at radius 1 is 0.839 bits per heavy atom. The zero-order valence-corrected chi connectivity index (χ0v) is 17.8. The Morgan fingerprint density at radius 2 is 1.61 bits per heavy atom. The molecule has 0 radical (unpaired) electrons. The number of fused-ring (bicyclic) bond motifs is 1. The molecule has 5 heteroatoms. The molecular weight excluding hydrogens is 406 g/mol. The van der Waals surface area contributed by atoms with Gasteiger partial charge in [0.1, 0.15) is 11.6 Å². The lowest BCUT2D eigenvalue weighted by Crippen LogP contribution is -2.03. The van der Waals surface area contributed by atoms with Gasteiger partial charge in [0.2, 0.25) is 0 Å². The Bertz CT molecular complexity index is 1360. The van der Waals surface area contributed by atoms with Gasteiger partial charge in [-0.3, -0.25) is 0 Å². The Kier molecular flexibility index (Phi) is 5.14. The lowest BCUT2D eigenvalue weighted by molar-refractivity contribution is 0.415. The summed E-state index contributed by atoms with van der Waals surface area (Å²) in [6.45, 7) is 0.586. The van der Waals surface area contributed by atoms with Crippen LogP contribution in [0.15, 0.2) is 91.1 Å². The molecule has 0 spiro atoms.